The zero-order chi connectivity index (χ0) is 23.6. The van der Waals surface area contributed by atoms with Crippen LogP contribution in [-0.4, -0.2) is 44.9 Å². The van der Waals surface area contributed by atoms with Gasteiger partial charge in [-0.15, -0.1) is 0 Å². The summed E-state index contributed by atoms with van der Waals surface area (Å²) in [4.78, 5) is 26.6. The van der Waals surface area contributed by atoms with Crippen LogP contribution in [0.1, 0.15) is 38.2 Å². The number of nitrogen functional groups attached to an aromatic ring is 1. The molecule has 0 saturated heterocycles. The van der Waals surface area contributed by atoms with Crippen LogP contribution < -0.4 is 16.4 Å². The second-order valence-corrected chi connectivity index (χ2v) is 8.50. The van der Waals surface area contributed by atoms with Gasteiger partial charge in [-0.05, 0) is 44.6 Å². The van der Waals surface area contributed by atoms with Crippen molar-refractivity contribution in [3.63, 3.8) is 0 Å². The maximum absolute atomic E-state index is 13.1. The van der Waals surface area contributed by atoms with Crippen molar-refractivity contribution in [3.05, 3.63) is 30.2 Å². The summed E-state index contributed by atoms with van der Waals surface area (Å²) in [6.45, 7) is 2.66. The number of aromatic nitrogens is 4. The number of hydrogen-bond acceptors (Lipinski definition) is 7. The summed E-state index contributed by atoms with van der Waals surface area (Å²) in [6, 6.07) is 1.41. The second-order valence-electron chi connectivity index (χ2n) is 8.50. The van der Waals surface area contributed by atoms with E-state index in [1.807, 2.05) is 0 Å². The Hall–Kier alpha value is -3.21. The van der Waals surface area contributed by atoms with Gasteiger partial charge in [-0.25, -0.2) is 15.0 Å². The molecule has 1 fully saturated rings. The van der Waals surface area contributed by atoms with Gasteiger partial charge >= 0.3 is 6.18 Å². The number of fused-ring (bicyclic) bond motifs is 1. The lowest BCUT2D eigenvalue weighted by atomic mass is 9.86. The molecule has 33 heavy (non-hydrogen) atoms. The molecule has 0 amide bonds. The summed E-state index contributed by atoms with van der Waals surface area (Å²) < 4.78 is 39.4. The molecule has 0 aliphatic heterocycles. The Morgan fingerprint density at radius 1 is 1.21 bits per heavy atom. The maximum atomic E-state index is 13.1. The number of Topliss-reactive ketones (excluding diaryl/α,β-unsaturated/α-hetero) is 1. The van der Waals surface area contributed by atoms with E-state index in [1.165, 1.54) is 6.20 Å². The topological polar surface area (TPSA) is 122 Å². The Morgan fingerprint density at radius 2 is 1.97 bits per heavy atom. The summed E-state index contributed by atoms with van der Waals surface area (Å²) >= 11 is 0. The molecule has 4 rings (SSSR count). The normalized spacial score (nSPS) is 19.0. The zero-order valence-electron chi connectivity index (χ0n) is 18.2. The van der Waals surface area contributed by atoms with E-state index in [1.54, 1.807) is 13.1 Å². The number of carbonyl (C=O) groups is 1. The lowest BCUT2D eigenvalue weighted by Gasteiger charge is -2.29. The number of aromatic amines is 1. The summed E-state index contributed by atoms with van der Waals surface area (Å²) in [5.41, 5.74) is 6.58. The van der Waals surface area contributed by atoms with Crippen molar-refractivity contribution >= 4 is 28.5 Å². The van der Waals surface area contributed by atoms with E-state index in [4.69, 9.17) is 5.73 Å². The van der Waals surface area contributed by atoms with Crippen LogP contribution in [0.4, 0.5) is 24.8 Å². The molecule has 0 atom stereocenters. The highest BCUT2D eigenvalue weighted by atomic mass is 19.4. The third-order valence-electron chi connectivity index (χ3n) is 5.97. The molecule has 1 aliphatic rings. The molecule has 1 aliphatic carbocycles. The third-order valence-corrected chi connectivity index (χ3v) is 5.97. The van der Waals surface area contributed by atoms with Gasteiger partial charge in [-0.3, -0.25) is 4.79 Å². The number of carbonyl (C=O) groups excluding carboxylic acids is 1. The van der Waals surface area contributed by atoms with Crippen LogP contribution in [0.5, 0.6) is 0 Å². The molecule has 3 aromatic rings. The average molecular weight is 461 g/mol. The molecule has 3 aromatic heterocycles. The molecule has 176 valence electrons. The number of nitrogens with zero attached hydrogens (tertiary/aromatic N) is 3. The number of halogens is 3. The van der Waals surface area contributed by atoms with E-state index in [0.29, 0.717) is 47.9 Å². The van der Waals surface area contributed by atoms with E-state index in [-0.39, 0.29) is 16.9 Å². The van der Waals surface area contributed by atoms with Crippen molar-refractivity contribution in [2.45, 2.75) is 44.8 Å². The van der Waals surface area contributed by atoms with Gasteiger partial charge < -0.3 is 21.4 Å². The number of hydrogen-bond donors (Lipinski definition) is 4. The molecule has 11 heteroatoms. The van der Waals surface area contributed by atoms with E-state index in [0.717, 1.165) is 37.9 Å². The number of H-pyrrole nitrogens is 1. The Bertz CT molecular complexity index is 1140. The first-order chi connectivity index (χ1) is 15.7. The molecule has 0 radical (unpaired) electrons. The Kier molecular flexibility index (Phi) is 6.50. The molecule has 5 N–H and O–H groups in total. The summed E-state index contributed by atoms with van der Waals surface area (Å²) in [6.07, 6.45) is 3.32. The van der Waals surface area contributed by atoms with E-state index in [2.05, 4.69) is 30.6 Å². The van der Waals surface area contributed by atoms with Crippen molar-refractivity contribution in [2.75, 3.05) is 24.1 Å². The highest BCUT2D eigenvalue weighted by Crippen LogP contribution is 2.35. The smallest absolute Gasteiger partial charge is 0.396 e. The van der Waals surface area contributed by atoms with E-state index < -0.39 is 11.7 Å². The molecule has 8 nitrogen and oxygen atoms in total. The monoisotopic (exact) mass is 461 g/mol. The van der Waals surface area contributed by atoms with Crippen molar-refractivity contribution in [1.82, 2.24) is 25.3 Å². The number of rotatable bonds is 7. The van der Waals surface area contributed by atoms with Gasteiger partial charge in [0.05, 0.1) is 24.0 Å². The minimum Gasteiger partial charge on any atom is -0.396 e. The minimum absolute atomic E-state index is 0.135. The highest BCUT2D eigenvalue weighted by molar-refractivity contribution is 5.95. The Labute approximate surface area is 188 Å². The lowest BCUT2D eigenvalue weighted by Crippen LogP contribution is -2.37. The van der Waals surface area contributed by atoms with Gasteiger partial charge in [0, 0.05) is 35.9 Å². The molecule has 0 bridgehead atoms. The molecule has 0 unspecified atom stereocenters. The predicted molar refractivity (Wildman–Crippen MR) is 119 cm³/mol. The average Bonchev–Trinajstić information content (AvgIpc) is 3.20. The fourth-order valence-corrected chi connectivity index (χ4v) is 4.14. The maximum Gasteiger partial charge on any atom is 0.417 e. The number of anilines is 2. The molecule has 3 heterocycles. The number of alkyl halides is 3. The third kappa shape index (κ3) is 5.41. The van der Waals surface area contributed by atoms with Crippen LogP contribution >= 0.6 is 0 Å². The molecule has 1 saturated carbocycles. The van der Waals surface area contributed by atoms with Gasteiger partial charge in [0.25, 0.3) is 0 Å². The van der Waals surface area contributed by atoms with Crippen LogP contribution in [-0.2, 0) is 11.0 Å². The number of nitrogens with one attached hydrogen (secondary N) is 3. The predicted octanol–water partition coefficient (Wildman–Crippen LogP) is 3.77. The van der Waals surface area contributed by atoms with Crippen LogP contribution in [0, 0.1) is 5.92 Å². The fraction of sp³-hybridized carbons (Fsp3) is 0.455. The molecular weight excluding hydrogens is 435 g/mol. The van der Waals surface area contributed by atoms with Gasteiger partial charge in [-0.1, -0.05) is 0 Å². The van der Waals surface area contributed by atoms with Gasteiger partial charge in [0.2, 0.25) is 5.95 Å². The van der Waals surface area contributed by atoms with Gasteiger partial charge in [0.15, 0.2) is 0 Å². The van der Waals surface area contributed by atoms with Crippen molar-refractivity contribution in [1.29, 1.82) is 0 Å². The molecular formula is C22H26F3N7O. The Balaban J connectivity index is 1.45. The molecule has 0 aromatic carbocycles. The van der Waals surface area contributed by atoms with Crippen molar-refractivity contribution in [2.24, 2.45) is 5.92 Å². The standard InChI is InChI=1S/C22H26F3N7O/c1-12(33)7-27-15-4-2-13(3-5-15)8-30-21-31-11-18(26)19(32-21)17-10-29-20-16(17)6-14(9-28-20)22(23,24)25/h6,9-11,13,15,27H,2-5,7-8,26H2,1H3,(H,28,29)(H,30,31,32). The fourth-order valence-electron chi connectivity index (χ4n) is 4.14. The van der Waals surface area contributed by atoms with Gasteiger partial charge in [0.1, 0.15) is 17.1 Å². The van der Waals surface area contributed by atoms with Crippen LogP contribution in [0.25, 0.3) is 22.3 Å². The lowest BCUT2D eigenvalue weighted by molar-refractivity contribution is -0.137. The first-order valence-corrected chi connectivity index (χ1v) is 10.8. The largest absolute Gasteiger partial charge is 0.417 e. The highest BCUT2D eigenvalue weighted by Gasteiger charge is 2.31. The van der Waals surface area contributed by atoms with E-state index in [9.17, 15) is 18.0 Å². The van der Waals surface area contributed by atoms with Crippen molar-refractivity contribution in [3.8, 4) is 11.3 Å². The summed E-state index contributed by atoms with van der Waals surface area (Å²) in [5.74, 6) is 0.942. The number of ketones is 1. The first kappa shape index (κ1) is 23.0. The van der Waals surface area contributed by atoms with E-state index >= 15 is 0 Å². The SMILES string of the molecule is CC(=O)CNC1CCC(CNc2ncc(N)c(-c3c[nH]c4ncc(C(F)(F)F)cc34)n2)CC1. The van der Waals surface area contributed by atoms with Crippen LogP contribution in [0.2, 0.25) is 0 Å². The second kappa shape index (κ2) is 9.34. The first-order valence-electron chi connectivity index (χ1n) is 10.8. The molecule has 0 spiro atoms. The van der Waals surface area contributed by atoms with Crippen molar-refractivity contribution < 1.29 is 18.0 Å². The summed E-state index contributed by atoms with van der Waals surface area (Å²) in [5, 5.41) is 6.81. The number of pyridine rings is 1. The van der Waals surface area contributed by atoms with Crippen LogP contribution in [0.3, 0.4) is 0 Å². The minimum atomic E-state index is -4.50. The van der Waals surface area contributed by atoms with Gasteiger partial charge in [-0.2, -0.15) is 13.2 Å². The Morgan fingerprint density at radius 3 is 2.67 bits per heavy atom. The van der Waals surface area contributed by atoms with Crippen LogP contribution in [0.15, 0.2) is 24.7 Å². The number of nitrogens with two attached hydrogens (primary N) is 1. The quantitative estimate of drug-likeness (QED) is 0.423. The zero-order valence-corrected chi connectivity index (χ0v) is 18.2. The summed E-state index contributed by atoms with van der Waals surface area (Å²) in [7, 11) is 0.